The van der Waals surface area contributed by atoms with Crippen molar-refractivity contribution < 1.29 is 48.4 Å². The van der Waals surface area contributed by atoms with Crippen LogP contribution in [-0.4, -0.2) is 59.4 Å². The number of carbonyl (C=O) groups excluding carboxylic acids is 3. The van der Waals surface area contributed by atoms with Crippen molar-refractivity contribution in [2.75, 3.05) is 13.2 Å². The molecule has 0 radical (unpaired) electrons. The van der Waals surface area contributed by atoms with Gasteiger partial charge >= 0.3 is 23.9 Å². The molecule has 0 amide bonds. The van der Waals surface area contributed by atoms with Gasteiger partial charge in [0.15, 0.2) is 0 Å². The van der Waals surface area contributed by atoms with E-state index in [1.807, 2.05) is 0 Å². The Kier molecular flexibility index (Phi) is 26.3. The molecule has 2 N–H and O–H groups in total. The Hall–Kier alpha value is -3.79. The molecule has 0 aliphatic rings. The molecular weight excluding hydrogens is 448 g/mol. The van der Waals surface area contributed by atoms with Crippen molar-refractivity contribution in [1.82, 2.24) is 0 Å². The Morgan fingerprint density at radius 2 is 1.12 bits per heavy atom. The lowest BCUT2D eigenvalue weighted by molar-refractivity contribution is -0.181. The van der Waals surface area contributed by atoms with E-state index in [2.05, 4.69) is 42.4 Å². The van der Waals surface area contributed by atoms with E-state index in [0.29, 0.717) is 13.2 Å². The van der Waals surface area contributed by atoms with Gasteiger partial charge in [0.2, 0.25) is 6.29 Å². The van der Waals surface area contributed by atoms with Crippen LogP contribution in [0.1, 0.15) is 41.0 Å². The number of hydrogen-bond acceptors (Lipinski definition) is 8. The first-order valence-corrected chi connectivity index (χ1v) is 9.65. The summed E-state index contributed by atoms with van der Waals surface area (Å²) in [4.78, 5) is 51.7. The molecule has 0 saturated carbocycles. The Bertz CT molecular complexity index is 691. The summed E-state index contributed by atoms with van der Waals surface area (Å²) in [6.45, 7) is 24.9. The molecule has 0 heterocycles. The highest BCUT2D eigenvalue weighted by Gasteiger charge is 2.15. The smallest absolute Gasteiger partial charge is 0.336 e. The molecule has 0 fully saturated rings. The molecule has 1 unspecified atom stereocenters. The quantitative estimate of drug-likeness (QED) is 0.111. The molecule has 0 rings (SSSR count). The fourth-order valence-electron chi connectivity index (χ4n) is 0.940. The molecule has 0 spiro atoms. The SMILES string of the molecule is C=C(C)C(=O)O.C=C(C)C(=O)O.C=C(C)C(=O)OC(C)OC(=O)CC(C)=O.C=CCOCC=C. The minimum Gasteiger partial charge on any atom is -0.478 e. The van der Waals surface area contributed by atoms with Crippen LogP contribution in [0.3, 0.4) is 0 Å². The Balaban J connectivity index is -0.000000197. The fourth-order valence-corrected chi connectivity index (χ4v) is 0.940. The maximum Gasteiger partial charge on any atom is 0.336 e. The highest BCUT2D eigenvalue weighted by Crippen LogP contribution is 2.01. The Morgan fingerprint density at radius 1 is 0.765 bits per heavy atom. The van der Waals surface area contributed by atoms with E-state index in [1.165, 1.54) is 34.6 Å². The number of ketones is 1. The monoisotopic (exact) mass is 484 g/mol. The average molecular weight is 485 g/mol. The van der Waals surface area contributed by atoms with Crippen molar-refractivity contribution in [2.45, 2.75) is 47.3 Å². The van der Waals surface area contributed by atoms with Crippen molar-refractivity contribution >= 4 is 29.7 Å². The standard InChI is InChI=1S/C10H14O5.C6H10O.2C4H6O2/c1-6(2)10(13)15-8(4)14-9(12)5-7(3)11;1-3-5-7-6-4-2;2*1-3(2)4(5)6/h8H,1,5H2,2-4H3;3-4H,1-2,5-6H2;2*1H2,2H3,(H,5,6). The molecule has 0 aliphatic heterocycles. The molecule has 0 saturated heterocycles. The van der Waals surface area contributed by atoms with Crippen molar-refractivity contribution in [3.05, 3.63) is 61.8 Å². The summed E-state index contributed by atoms with van der Waals surface area (Å²) in [5, 5.41) is 15.8. The van der Waals surface area contributed by atoms with E-state index >= 15 is 0 Å². The summed E-state index contributed by atoms with van der Waals surface area (Å²) in [6.07, 6.45) is 2.09. The number of esters is 2. The number of aliphatic carboxylic acids is 2. The van der Waals surface area contributed by atoms with Gasteiger partial charge in [-0.05, 0) is 27.7 Å². The van der Waals surface area contributed by atoms with E-state index in [4.69, 9.17) is 14.9 Å². The van der Waals surface area contributed by atoms with Crippen LogP contribution in [0.4, 0.5) is 0 Å². The summed E-state index contributed by atoms with van der Waals surface area (Å²) in [7, 11) is 0. The van der Waals surface area contributed by atoms with E-state index < -0.39 is 30.2 Å². The predicted molar refractivity (Wildman–Crippen MR) is 128 cm³/mol. The lowest BCUT2D eigenvalue weighted by atomic mass is 10.3. The van der Waals surface area contributed by atoms with Crippen LogP contribution in [0.25, 0.3) is 0 Å². The second-order valence-corrected chi connectivity index (χ2v) is 6.41. The second-order valence-electron chi connectivity index (χ2n) is 6.41. The predicted octanol–water partition coefficient (Wildman–Crippen LogP) is 3.64. The van der Waals surface area contributed by atoms with E-state index in [9.17, 15) is 24.0 Å². The van der Waals surface area contributed by atoms with Crippen molar-refractivity contribution in [3.8, 4) is 0 Å². The largest absolute Gasteiger partial charge is 0.478 e. The van der Waals surface area contributed by atoms with Crippen molar-refractivity contribution in [3.63, 3.8) is 0 Å². The Labute approximate surface area is 200 Å². The van der Waals surface area contributed by atoms with Gasteiger partial charge in [0.05, 0.1) is 13.2 Å². The van der Waals surface area contributed by atoms with Gasteiger partial charge in [-0.25, -0.2) is 14.4 Å². The number of carbonyl (C=O) groups is 5. The molecule has 0 aromatic rings. The lowest BCUT2D eigenvalue weighted by Crippen LogP contribution is -2.22. The minimum absolute atomic E-state index is 0.176. The zero-order valence-electron chi connectivity index (χ0n) is 20.5. The van der Waals surface area contributed by atoms with E-state index in [-0.39, 0.29) is 28.9 Å². The van der Waals surface area contributed by atoms with Crippen LogP contribution in [0.5, 0.6) is 0 Å². The van der Waals surface area contributed by atoms with Crippen LogP contribution in [0.15, 0.2) is 61.8 Å². The summed E-state index contributed by atoms with van der Waals surface area (Å²) in [5.74, 6) is -3.54. The van der Waals surface area contributed by atoms with Gasteiger partial charge in [-0.15, -0.1) is 13.2 Å². The molecule has 10 nitrogen and oxygen atoms in total. The van der Waals surface area contributed by atoms with Gasteiger partial charge in [0.1, 0.15) is 12.2 Å². The fraction of sp³-hybridized carbons (Fsp3) is 0.375. The van der Waals surface area contributed by atoms with Crippen LogP contribution in [0.2, 0.25) is 0 Å². The zero-order valence-corrected chi connectivity index (χ0v) is 20.5. The molecule has 0 aromatic carbocycles. The first-order valence-electron chi connectivity index (χ1n) is 9.65. The zero-order chi connectivity index (χ0) is 27.9. The third-order valence-electron chi connectivity index (χ3n) is 2.51. The van der Waals surface area contributed by atoms with Crippen LogP contribution in [-0.2, 0) is 38.2 Å². The summed E-state index contributed by atoms with van der Waals surface area (Å²) in [6, 6.07) is 0. The van der Waals surface area contributed by atoms with Crippen molar-refractivity contribution in [2.24, 2.45) is 0 Å². The molecule has 192 valence electrons. The number of carboxylic acids is 2. The number of rotatable bonds is 11. The average Bonchev–Trinajstić information content (AvgIpc) is 2.68. The number of carboxylic acid groups (broad SMARTS) is 2. The molecule has 1 atom stereocenters. The summed E-state index contributed by atoms with van der Waals surface area (Å²) in [5.41, 5.74) is 0.564. The number of hydrogen-bond donors (Lipinski definition) is 2. The molecule has 34 heavy (non-hydrogen) atoms. The Morgan fingerprint density at radius 3 is 1.35 bits per heavy atom. The highest BCUT2D eigenvalue weighted by atomic mass is 16.7. The maximum absolute atomic E-state index is 11.0. The third kappa shape index (κ3) is 35.6. The summed E-state index contributed by atoms with van der Waals surface area (Å²) < 4.78 is 14.2. The first-order chi connectivity index (χ1) is 15.5. The number of Topliss-reactive ketones (excluding diaryl/α,β-unsaturated/α-hetero) is 1. The van der Waals surface area contributed by atoms with Gasteiger partial charge < -0.3 is 24.4 Å². The lowest BCUT2D eigenvalue weighted by Gasteiger charge is -2.13. The van der Waals surface area contributed by atoms with Crippen molar-refractivity contribution in [1.29, 1.82) is 0 Å². The molecular formula is C24H36O10. The second kappa shape index (κ2) is 23.9. The third-order valence-corrected chi connectivity index (χ3v) is 2.51. The maximum atomic E-state index is 11.0. The van der Waals surface area contributed by atoms with Gasteiger partial charge in [-0.1, -0.05) is 31.9 Å². The molecule has 10 heteroatoms. The van der Waals surface area contributed by atoms with Gasteiger partial charge in [-0.3, -0.25) is 9.59 Å². The van der Waals surface area contributed by atoms with Crippen LogP contribution >= 0.6 is 0 Å². The highest BCUT2D eigenvalue weighted by molar-refractivity contribution is 5.94. The normalized spacial score (nSPS) is 9.32. The van der Waals surface area contributed by atoms with Gasteiger partial charge in [0, 0.05) is 23.6 Å². The number of ether oxygens (including phenoxy) is 3. The first kappa shape index (κ1) is 37.5. The minimum atomic E-state index is -1.01. The van der Waals surface area contributed by atoms with Gasteiger partial charge in [-0.2, -0.15) is 0 Å². The molecule has 0 aromatic heterocycles. The van der Waals surface area contributed by atoms with Crippen LogP contribution < -0.4 is 0 Å². The van der Waals surface area contributed by atoms with Gasteiger partial charge in [0.25, 0.3) is 0 Å². The topological polar surface area (TPSA) is 153 Å². The van der Waals surface area contributed by atoms with E-state index in [1.54, 1.807) is 12.2 Å². The molecule has 0 aliphatic carbocycles. The van der Waals surface area contributed by atoms with E-state index in [0.717, 1.165) is 0 Å². The summed E-state index contributed by atoms with van der Waals surface area (Å²) >= 11 is 0. The van der Waals surface area contributed by atoms with Crippen LogP contribution in [0, 0.1) is 0 Å². The molecule has 0 bridgehead atoms.